The summed E-state index contributed by atoms with van der Waals surface area (Å²) in [4.78, 5) is 27.3. The molecule has 7 nitrogen and oxygen atoms in total. The average Bonchev–Trinajstić information content (AvgIpc) is 3.58. The summed E-state index contributed by atoms with van der Waals surface area (Å²) in [6.07, 6.45) is 2.60. The summed E-state index contributed by atoms with van der Waals surface area (Å²) in [6.45, 7) is 1.94. The van der Waals surface area contributed by atoms with E-state index in [4.69, 9.17) is 0 Å². The minimum absolute atomic E-state index is 0.113. The summed E-state index contributed by atoms with van der Waals surface area (Å²) >= 11 is 1.49. The number of nitrogens with zero attached hydrogens (tertiary/aromatic N) is 4. The topological polar surface area (TPSA) is 96.5 Å². The van der Waals surface area contributed by atoms with Crippen molar-refractivity contribution in [1.29, 1.82) is 0 Å². The number of H-pyrrole nitrogens is 1. The Labute approximate surface area is 190 Å². The maximum Gasteiger partial charge on any atom is 0.232 e. The van der Waals surface area contributed by atoms with Crippen LogP contribution < -0.4 is 5.32 Å². The highest BCUT2D eigenvalue weighted by atomic mass is 32.2. The number of anilines is 2. The number of aryl methyl sites for hydroxylation is 1. The molecule has 0 aliphatic heterocycles. The smallest absolute Gasteiger partial charge is 0.232 e. The predicted molar refractivity (Wildman–Crippen MR) is 123 cm³/mol. The average molecular weight is 443 g/mol. The molecule has 32 heavy (non-hydrogen) atoms. The normalized spacial score (nSPS) is 13.2. The van der Waals surface area contributed by atoms with Crippen LogP contribution in [0.3, 0.4) is 0 Å². The standard InChI is InChI=1S/C24H22N6OS/c1-15-13-21(30-29-15)25-23-26-22(18-9-10-18)27-24(28-23)32-19-11-7-16(8-12-19)14-20(31)17-5-3-2-4-6-17/h2-8,11-13,18H,9-10,14H2,1H3,(H2,25,26,27,28,29,30). The highest BCUT2D eigenvalue weighted by Gasteiger charge is 2.28. The lowest BCUT2D eigenvalue weighted by Crippen LogP contribution is -2.04. The van der Waals surface area contributed by atoms with Crippen LogP contribution in [0.25, 0.3) is 0 Å². The third kappa shape index (κ3) is 5.03. The van der Waals surface area contributed by atoms with Gasteiger partial charge in [-0.2, -0.15) is 15.1 Å². The monoisotopic (exact) mass is 442 g/mol. The molecule has 1 aliphatic rings. The zero-order chi connectivity index (χ0) is 21.9. The Morgan fingerprint density at radius 1 is 1.06 bits per heavy atom. The van der Waals surface area contributed by atoms with Gasteiger partial charge in [0.2, 0.25) is 5.95 Å². The van der Waals surface area contributed by atoms with E-state index < -0.39 is 0 Å². The van der Waals surface area contributed by atoms with Gasteiger partial charge in [-0.25, -0.2) is 4.98 Å². The van der Waals surface area contributed by atoms with Gasteiger partial charge in [-0.05, 0) is 49.2 Å². The number of aromatic amines is 1. The summed E-state index contributed by atoms with van der Waals surface area (Å²) in [5, 5.41) is 10.9. The molecule has 160 valence electrons. The Morgan fingerprint density at radius 2 is 1.84 bits per heavy atom. The van der Waals surface area contributed by atoms with Gasteiger partial charge in [-0.3, -0.25) is 9.89 Å². The third-order valence-corrected chi connectivity index (χ3v) is 5.99. The van der Waals surface area contributed by atoms with Gasteiger partial charge in [0.15, 0.2) is 16.8 Å². The molecule has 0 unspecified atom stereocenters. The Kier molecular flexibility index (Phi) is 5.68. The fraction of sp³-hybridized carbons (Fsp3) is 0.208. The SMILES string of the molecule is Cc1cc(Nc2nc(Sc3ccc(CC(=O)c4ccccc4)cc3)nc(C3CC3)n2)n[nH]1. The summed E-state index contributed by atoms with van der Waals surface area (Å²) in [5.74, 6) is 2.52. The molecule has 1 fully saturated rings. The van der Waals surface area contributed by atoms with Gasteiger partial charge in [0.05, 0.1) is 0 Å². The molecular formula is C24H22N6OS. The van der Waals surface area contributed by atoms with Crippen molar-refractivity contribution < 1.29 is 4.79 Å². The van der Waals surface area contributed by atoms with E-state index >= 15 is 0 Å². The second-order valence-corrected chi connectivity index (χ2v) is 8.89. The first kappa shape index (κ1) is 20.4. The zero-order valence-electron chi connectivity index (χ0n) is 17.6. The van der Waals surface area contributed by atoms with Gasteiger partial charge in [0.1, 0.15) is 5.82 Å². The number of Topliss-reactive ketones (excluding diaryl/α,β-unsaturated/α-hetero) is 1. The number of hydrogen-bond donors (Lipinski definition) is 2. The maximum atomic E-state index is 12.4. The summed E-state index contributed by atoms with van der Waals surface area (Å²) in [7, 11) is 0. The molecular weight excluding hydrogens is 420 g/mol. The molecule has 0 saturated heterocycles. The van der Waals surface area contributed by atoms with Crippen LogP contribution in [0.2, 0.25) is 0 Å². The lowest BCUT2D eigenvalue weighted by atomic mass is 10.0. The molecule has 8 heteroatoms. The highest BCUT2D eigenvalue weighted by Crippen LogP contribution is 2.39. The first-order valence-corrected chi connectivity index (χ1v) is 11.3. The fourth-order valence-electron chi connectivity index (χ4n) is 3.29. The van der Waals surface area contributed by atoms with Crippen LogP contribution in [0, 0.1) is 6.92 Å². The van der Waals surface area contributed by atoms with Crippen molar-refractivity contribution in [2.24, 2.45) is 0 Å². The fourth-order valence-corrected chi connectivity index (χ4v) is 4.04. The molecule has 0 spiro atoms. The number of carbonyl (C=O) groups excluding carboxylic acids is 1. The van der Waals surface area contributed by atoms with Crippen molar-refractivity contribution in [2.45, 2.75) is 42.2 Å². The minimum atomic E-state index is 0.113. The number of benzene rings is 2. The lowest BCUT2D eigenvalue weighted by Gasteiger charge is -2.07. The first-order valence-electron chi connectivity index (χ1n) is 10.5. The van der Waals surface area contributed by atoms with Crippen molar-refractivity contribution in [2.75, 3.05) is 5.32 Å². The van der Waals surface area contributed by atoms with E-state index in [1.54, 1.807) is 0 Å². The van der Waals surface area contributed by atoms with Crippen molar-refractivity contribution in [3.05, 3.63) is 83.3 Å². The number of rotatable bonds is 8. The van der Waals surface area contributed by atoms with Gasteiger partial charge >= 0.3 is 0 Å². The molecule has 0 amide bonds. The number of nitrogens with one attached hydrogen (secondary N) is 2. The van der Waals surface area contributed by atoms with Crippen molar-refractivity contribution in [3.63, 3.8) is 0 Å². The molecule has 2 aromatic heterocycles. The van der Waals surface area contributed by atoms with E-state index in [-0.39, 0.29) is 5.78 Å². The molecule has 1 aliphatic carbocycles. The van der Waals surface area contributed by atoms with Crippen LogP contribution in [0.1, 0.15) is 46.2 Å². The molecule has 4 aromatic rings. The van der Waals surface area contributed by atoms with Crippen LogP contribution in [-0.4, -0.2) is 30.9 Å². The van der Waals surface area contributed by atoms with Gasteiger partial charge in [0.25, 0.3) is 0 Å². The van der Waals surface area contributed by atoms with Crippen molar-refractivity contribution in [3.8, 4) is 0 Å². The maximum absolute atomic E-state index is 12.4. The van der Waals surface area contributed by atoms with E-state index in [0.29, 0.717) is 29.3 Å². The Morgan fingerprint density at radius 3 is 2.53 bits per heavy atom. The highest BCUT2D eigenvalue weighted by molar-refractivity contribution is 7.99. The predicted octanol–water partition coefficient (Wildman–Crippen LogP) is 5.10. The number of carbonyl (C=O) groups is 1. The largest absolute Gasteiger partial charge is 0.307 e. The van der Waals surface area contributed by atoms with Crippen LogP contribution >= 0.6 is 11.8 Å². The Bertz CT molecular complexity index is 1240. The molecule has 1 saturated carbocycles. The number of ketones is 1. The number of aromatic nitrogens is 5. The Balaban J connectivity index is 1.30. The van der Waals surface area contributed by atoms with Crippen LogP contribution in [0.4, 0.5) is 11.8 Å². The summed E-state index contributed by atoms with van der Waals surface area (Å²) in [5.41, 5.74) is 2.68. The first-order chi connectivity index (χ1) is 15.6. The number of hydrogen-bond acceptors (Lipinski definition) is 7. The minimum Gasteiger partial charge on any atom is -0.307 e. The van der Waals surface area contributed by atoms with Crippen LogP contribution in [-0.2, 0) is 6.42 Å². The van der Waals surface area contributed by atoms with Crippen LogP contribution in [0.15, 0.2) is 70.7 Å². The zero-order valence-corrected chi connectivity index (χ0v) is 18.4. The van der Waals surface area contributed by atoms with Crippen LogP contribution in [0.5, 0.6) is 0 Å². The lowest BCUT2D eigenvalue weighted by molar-refractivity contribution is 0.0993. The van der Waals surface area contributed by atoms with Gasteiger partial charge < -0.3 is 5.32 Å². The second kappa shape index (κ2) is 8.92. The second-order valence-electron chi connectivity index (χ2n) is 7.85. The molecule has 5 rings (SSSR count). The van der Waals surface area contributed by atoms with Gasteiger partial charge in [0, 0.05) is 34.6 Å². The van der Waals surface area contributed by atoms with Crippen molar-refractivity contribution >= 4 is 29.3 Å². The molecule has 0 radical (unpaired) electrons. The molecule has 2 aromatic carbocycles. The summed E-state index contributed by atoms with van der Waals surface area (Å²) in [6, 6.07) is 19.3. The van der Waals surface area contributed by atoms with E-state index in [0.717, 1.165) is 40.4 Å². The van der Waals surface area contributed by atoms with E-state index in [9.17, 15) is 4.79 Å². The quantitative estimate of drug-likeness (QED) is 0.366. The van der Waals surface area contributed by atoms with Gasteiger partial charge in [-0.1, -0.05) is 42.5 Å². The molecule has 0 atom stereocenters. The molecule has 0 bridgehead atoms. The third-order valence-electron chi connectivity index (χ3n) is 5.11. The molecule has 2 N–H and O–H groups in total. The van der Waals surface area contributed by atoms with E-state index in [1.165, 1.54) is 11.8 Å². The molecule has 2 heterocycles. The van der Waals surface area contributed by atoms with Gasteiger partial charge in [-0.15, -0.1) is 0 Å². The van der Waals surface area contributed by atoms with E-state index in [2.05, 4.69) is 30.5 Å². The van der Waals surface area contributed by atoms with Crippen molar-refractivity contribution in [1.82, 2.24) is 25.1 Å². The summed E-state index contributed by atoms with van der Waals surface area (Å²) < 4.78 is 0. The Hall–Kier alpha value is -3.52. The van der Waals surface area contributed by atoms with E-state index in [1.807, 2.05) is 67.6 Å².